The molecule has 0 radical (unpaired) electrons. The van der Waals surface area contributed by atoms with Crippen LogP contribution in [-0.4, -0.2) is 48.1 Å². The third-order valence-corrected chi connectivity index (χ3v) is 4.47. The summed E-state index contributed by atoms with van der Waals surface area (Å²) in [5, 5.41) is 5.13. The molecule has 2 fully saturated rings. The lowest BCUT2D eigenvalue weighted by atomic mass is 9.85. The number of likely N-dealkylation sites (tertiary alicyclic amines) is 1. The highest BCUT2D eigenvalue weighted by molar-refractivity contribution is 6.01. The van der Waals surface area contributed by atoms with Gasteiger partial charge in [-0.1, -0.05) is 6.42 Å². The lowest BCUT2D eigenvalue weighted by Gasteiger charge is -2.31. The van der Waals surface area contributed by atoms with Crippen LogP contribution in [0, 0.1) is 5.92 Å². The van der Waals surface area contributed by atoms with E-state index in [2.05, 4.69) is 10.6 Å². The third-order valence-electron chi connectivity index (χ3n) is 4.47. The lowest BCUT2D eigenvalue weighted by molar-refractivity contribution is -0.183. The van der Waals surface area contributed by atoms with E-state index in [1.165, 1.54) is 4.90 Å². The van der Waals surface area contributed by atoms with E-state index in [1.54, 1.807) is 0 Å². The number of nitrogens with zero attached hydrogens (tertiary/aromatic N) is 1. The second kappa shape index (κ2) is 7.85. The zero-order valence-corrected chi connectivity index (χ0v) is 13.3. The summed E-state index contributed by atoms with van der Waals surface area (Å²) in [5.41, 5.74) is 0. The number of nitrogens with one attached hydrogen (secondary N) is 2. The van der Waals surface area contributed by atoms with Gasteiger partial charge >= 0.3 is 12.2 Å². The molecule has 2 aliphatic rings. The molecular weight excluding hydrogens is 327 g/mol. The van der Waals surface area contributed by atoms with E-state index in [-0.39, 0.29) is 50.6 Å². The Labute approximate surface area is 138 Å². The minimum atomic E-state index is -4.22. The van der Waals surface area contributed by atoms with E-state index < -0.39 is 24.2 Å². The molecule has 0 aromatic carbocycles. The van der Waals surface area contributed by atoms with Crippen LogP contribution in [0.2, 0.25) is 0 Å². The van der Waals surface area contributed by atoms with Gasteiger partial charge in [-0.3, -0.25) is 14.5 Å². The zero-order chi connectivity index (χ0) is 17.7. The molecular formula is C15H22F3N3O3. The molecule has 0 bridgehead atoms. The molecule has 1 aliphatic carbocycles. The normalized spacial score (nSPS) is 25.0. The molecule has 136 valence electrons. The summed E-state index contributed by atoms with van der Waals surface area (Å²) in [7, 11) is 0. The molecule has 0 aromatic heterocycles. The molecule has 1 saturated heterocycles. The fourth-order valence-corrected chi connectivity index (χ4v) is 3.17. The number of alkyl halides is 3. The van der Waals surface area contributed by atoms with Crippen molar-refractivity contribution in [3.63, 3.8) is 0 Å². The van der Waals surface area contributed by atoms with Gasteiger partial charge in [-0.05, 0) is 25.7 Å². The van der Waals surface area contributed by atoms with Gasteiger partial charge < -0.3 is 10.6 Å². The van der Waals surface area contributed by atoms with E-state index in [9.17, 15) is 27.6 Å². The summed E-state index contributed by atoms with van der Waals surface area (Å²) >= 11 is 0. The molecule has 0 aromatic rings. The first-order chi connectivity index (χ1) is 11.3. The zero-order valence-electron chi connectivity index (χ0n) is 13.3. The maximum absolute atomic E-state index is 12.7. The van der Waals surface area contributed by atoms with Gasteiger partial charge in [0.15, 0.2) is 0 Å². The molecule has 1 heterocycles. The highest BCUT2D eigenvalue weighted by Crippen LogP contribution is 2.37. The lowest BCUT2D eigenvalue weighted by Crippen LogP contribution is -2.46. The van der Waals surface area contributed by atoms with Crippen molar-refractivity contribution in [2.75, 3.05) is 13.1 Å². The Morgan fingerprint density at radius 2 is 1.83 bits per heavy atom. The molecule has 24 heavy (non-hydrogen) atoms. The molecule has 6 nitrogen and oxygen atoms in total. The first-order valence-corrected chi connectivity index (χ1v) is 8.21. The Bertz CT molecular complexity index is 480. The first-order valence-electron chi connectivity index (χ1n) is 8.21. The Balaban J connectivity index is 1.64. The highest BCUT2D eigenvalue weighted by atomic mass is 19.4. The van der Waals surface area contributed by atoms with Crippen LogP contribution in [0.4, 0.5) is 18.0 Å². The molecule has 2 unspecified atom stereocenters. The Morgan fingerprint density at radius 3 is 2.46 bits per heavy atom. The summed E-state index contributed by atoms with van der Waals surface area (Å²) < 4.78 is 38.2. The van der Waals surface area contributed by atoms with E-state index in [1.807, 2.05) is 0 Å². The van der Waals surface area contributed by atoms with Gasteiger partial charge in [0.1, 0.15) is 0 Å². The minimum absolute atomic E-state index is 0.0896. The number of carbonyl (C=O) groups excluding carboxylic acids is 3. The molecule has 2 rings (SSSR count). The Morgan fingerprint density at radius 1 is 1.17 bits per heavy atom. The van der Waals surface area contributed by atoms with Crippen molar-refractivity contribution in [3.8, 4) is 0 Å². The number of urea groups is 1. The predicted octanol–water partition coefficient (Wildman–Crippen LogP) is 1.95. The molecule has 2 N–H and O–H groups in total. The van der Waals surface area contributed by atoms with Crippen LogP contribution < -0.4 is 10.6 Å². The minimum Gasteiger partial charge on any atom is -0.338 e. The number of hydrogen-bond acceptors (Lipinski definition) is 3. The summed E-state index contributed by atoms with van der Waals surface area (Å²) in [5.74, 6) is -1.77. The summed E-state index contributed by atoms with van der Waals surface area (Å²) in [6.45, 7) is 0.496. The summed E-state index contributed by atoms with van der Waals surface area (Å²) in [6, 6.07) is -0.992. The van der Waals surface area contributed by atoms with Crippen molar-refractivity contribution < 1.29 is 27.6 Å². The second-order valence-corrected chi connectivity index (χ2v) is 6.29. The maximum atomic E-state index is 12.7. The fraction of sp³-hybridized carbons (Fsp3) is 0.800. The van der Waals surface area contributed by atoms with Crippen molar-refractivity contribution in [1.82, 2.24) is 15.5 Å². The number of halogens is 3. The van der Waals surface area contributed by atoms with E-state index in [4.69, 9.17) is 0 Å². The molecule has 2 atom stereocenters. The number of hydrogen-bond donors (Lipinski definition) is 2. The monoisotopic (exact) mass is 349 g/mol. The molecule has 1 saturated carbocycles. The number of imide groups is 1. The number of rotatable bonds is 5. The molecule has 1 aliphatic heterocycles. The van der Waals surface area contributed by atoms with Crippen molar-refractivity contribution >= 4 is 17.8 Å². The topological polar surface area (TPSA) is 78.5 Å². The van der Waals surface area contributed by atoms with Crippen molar-refractivity contribution in [1.29, 1.82) is 0 Å². The van der Waals surface area contributed by atoms with Crippen LogP contribution in [0.15, 0.2) is 0 Å². The Kier molecular flexibility index (Phi) is 6.06. The van der Waals surface area contributed by atoms with Gasteiger partial charge in [-0.25, -0.2) is 4.79 Å². The van der Waals surface area contributed by atoms with Gasteiger partial charge in [0.2, 0.25) is 11.8 Å². The van der Waals surface area contributed by atoms with E-state index in [0.717, 1.165) is 0 Å². The van der Waals surface area contributed by atoms with Crippen molar-refractivity contribution in [2.24, 2.45) is 5.92 Å². The highest BCUT2D eigenvalue weighted by Gasteiger charge is 2.42. The van der Waals surface area contributed by atoms with E-state index in [0.29, 0.717) is 19.3 Å². The van der Waals surface area contributed by atoms with Crippen LogP contribution >= 0.6 is 0 Å². The van der Waals surface area contributed by atoms with Gasteiger partial charge in [0, 0.05) is 32.0 Å². The van der Waals surface area contributed by atoms with Crippen LogP contribution in [-0.2, 0) is 9.59 Å². The molecule has 4 amide bonds. The maximum Gasteiger partial charge on any atom is 0.391 e. The van der Waals surface area contributed by atoms with Gasteiger partial charge in [-0.2, -0.15) is 13.2 Å². The fourth-order valence-electron chi connectivity index (χ4n) is 3.17. The predicted molar refractivity (Wildman–Crippen MR) is 78.9 cm³/mol. The summed E-state index contributed by atoms with van der Waals surface area (Å²) in [4.78, 5) is 35.7. The smallest absolute Gasteiger partial charge is 0.338 e. The number of amides is 4. The van der Waals surface area contributed by atoms with Crippen LogP contribution in [0.1, 0.15) is 44.9 Å². The van der Waals surface area contributed by atoms with Crippen molar-refractivity contribution in [2.45, 2.75) is 57.2 Å². The Hall–Kier alpha value is -1.80. The largest absolute Gasteiger partial charge is 0.391 e. The first kappa shape index (κ1) is 18.5. The average Bonchev–Trinajstić information content (AvgIpc) is 2.82. The van der Waals surface area contributed by atoms with Crippen LogP contribution in [0.25, 0.3) is 0 Å². The third kappa shape index (κ3) is 5.10. The number of carbonyl (C=O) groups is 3. The van der Waals surface area contributed by atoms with Gasteiger partial charge in [-0.15, -0.1) is 0 Å². The molecule has 0 spiro atoms. The standard InChI is InChI=1S/C15H22F3N3O3/c16-15(17,18)10-3-1-4-11(9-10)20-14(24)19-7-2-8-21-12(22)5-6-13(21)23/h10-11H,1-9H2,(H2,19,20,24). The van der Waals surface area contributed by atoms with Gasteiger partial charge in [0.25, 0.3) is 0 Å². The molecule has 9 heteroatoms. The van der Waals surface area contributed by atoms with Crippen LogP contribution in [0.5, 0.6) is 0 Å². The van der Waals surface area contributed by atoms with E-state index >= 15 is 0 Å². The quantitative estimate of drug-likeness (QED) is 0.588. The second-order valence-electron chi connectivity index (χ2n) is 6.29. The summed E-state index contributed by atoms with van der Waals surface area (Å²) in [6.07, 6.45) is -2.34. The van der Waals surface area contributed by atoms with Crippen molar-refractivity contribution in [3.05, 3.63) is 0 Å². The average molecular weight is 349 g/mol. The van der Waals surface area contributed by atoms with Crippen LogP contribution in [0.3, 0.4) is 0 Å². The SMILES string of the molecule is O=C(NCCCN1C(=O)CCC1=O)NC1CCCC(C(F)(F)F)C1. The van der Waals surface area contributed by atoms with Gasteiger partial charge in [0.05, 0.1) is 5.92 Å².